The fourth-order valence-electron chi connectivity index (χ4n) is 1.95. The summed E-state index contributed by atoms with van der Waals surface area (Å²) in [6, 6.07) is 4.26. The smallest absolute Gasteiger partial charge is 0.128 e. The largest absolute Gasteiger partial charge is 0.491 e. The zero-order valence-corrected chi connectivity index (χ0v) is 8.92. The Bertz CT molecular complexity index is 394. The molecule has 1 aliphatic heterocycles. The van der Waals surface area contributed by atoms with E-state index in [0.29, 0.717) is 6.61 Å². The standard InChI is InChI=1S/C12H15NO/c1-8-6-9(2)12-10(3)13-4-5-14-11(12)7-8/h6-7H,4-5H2,1-3H3. The number of ether oxygens (including phenoxy) is 1. The summed E-state index contributed by atoms with van der Waals surface area (Å²) in [5.41, 5.74) is 4.77. The first-order chi connectivity index (χ1) is 6.68. The van der Waals surface area contributed by atoms with Gasteiger partial charge in [0.15, 0.2) is 0 Å². The Morgan fingerprint density at radius 2 is 2.00 bits per heavy atom. The van der Waals surface area contributed by atoms with Crippen LogP contribution in [0.1, 0.15) is 23.6 Å². The van der Waals surface area contributed by atoms with E-state index in [9.17, 15) is 0 Å². The van der Waals surface area contributed by atoms with Gasteiger partial charge in [-0.15, -0.1) is 0 Å². The molecule has 0 unspecified atom stereocenters. The van der Waals surface area contributed by atoms with Crippen molar-refractivity contribution in [2.75, 3.05) is 13.2 Å². The van der Waals surface area contributed by atoms with E-state index < -0.39 is 0 Å². The van der Waals surface area contributed by atoms with Gasteiger partial charge in [-0.3, -0.25) is 4.99 Å². The lowest BCUT2D eigenvalue weighted by molar-refractivity contribution is 0.331. The topological polar surface area (TPSA) is 21.6 Å². The molecule has 0 N–H and O–H groups in total. The minimum absolute atomic E-state index is 0.688. The van der Waals surface area contributed by atoms with Crippen LogP contribution >= 0.6 is 0 Å². The quantitative estimate of drug-likeness (QED) is 0.614. The maximum atomic E-state index is 5.67. The molecule has 0 amide bonds. The Balaban J connectivity index is 2.63. The molecule has 74 valence electrons. The van der Waals surface area contributed by atoms with Gasteiger partial charge in [0.25, 0.3) is 0 Å². The van der Waals surface area contributed by atoms with E-state index in [-0.39, 0.29) is 0 Å². The lowest BCUT2D eigenvalue weighted by Crippen LogP contribution is -2.01. The van der Waals surface area contributed by atoms with Crippen molar-refractivity contribution in [3.63, 3.8) is 0 Å². The number of fused-ring (bicyclic) bond motifs is 1. The van der Waals surface area contributed by atoms with Gasteiger partial charge >= 0.3 is 0 Å². The van der Waals surface area contributed by atoms with Crippen LogP contribution in [0.4, 0.5) is 0 Å². The van der Waals surface area contributed by atoms with E-state index in [1.54, 1.807) is 0 Å². The van der Waals surface area contributed by atoms with Crippen LogP contribution in [-0.2, 0) is 0 Å². The van der Waals surface area contributed by atoms with Crippen molar-refractivity contribution in [2.45, 2.75) is 20.8 Å². The van der Waals surface area contributed by atoms with Gasteiger partial charge in [0.2, 0.25) is 0 Å². The Morgan fingerprint density at radius 1 is 1.21 bits per heavy atom. The van der Waals surface area contributed by atoms with Gasteiger partial charge in [-0.1, -0.05) is 6.07 Å². The predicted molar refractivity (Wildman–Crippen MR) is 58.5 cm³/mol. The molecule has 0 aliphatic carbocycles. The third-order valence-corrected chi connectivity index (χ3v) is 2.50. The molecule has 14 heavy (non-hydrogen) atoms. The van der Waals surface area contributed by atoms with Crippen molar-refractivity contribution in [3.8, 4) is 5.75 Å². The SMILES string of the molecule is CC1=NCCOc2cc(C)cc(C)c21. The number of nitrogens with zero attached hydrogens (tertiary/aromatic N) is 1. The Morgan fingerprint density at radius 3 is 2.79 bits per heavy atom. The maximum Gasteiger partial charge on any atom is 0.128 e. The van der Waals surface area contributed by atoms with Crippen LogP contribution in [0.15, 0.2) is 17.1 Å². The first kappa shape index (κ1) is 9.25. The molecule has 0 atom stereocenters. The molecule has 0 bridgehead atoms. The zero-order valence-electron chi connectivity index (χ0n) is 8.92. The van der Waals surface area contributed by atoms with E-state index in [1.807, 2.05) is 0 Å². The summed E-state index contributed by atoms with van der Waals surface area (Å²) in [5.74, 6) is 0.987. The van der Waals surface area contributed by atoms with E-state index in [0.717, 1.165) is 18.0 Å². The number of benzene rings is 1. The minimum atomic E-state index is 0.688. The van der Waals surface area contributed by atoms with Crippen LogP contribution in [0.3, 0.4) is 0 Å². The van der Waals surface area contributed by atoms with Crippen molar-refractivity contribution < 1.29 is 4.74 Å². The monoisotopic (exact) mass is 189 g/mol. The van der Waals surface area contributed by atoms with Crippen LogP contribution in [0, 0.1) is 13.8 Å². The summed E-state index contributed by atoms with van der Waals surface area (Å²) in [6.07, 6.45) is 0. The summed E-state index contributed by atoms with van der Waals surface area (Å²) in [6.45, 7) is 7.70. The molecule has 0 radical (unpaired) electrons. The molecular formula is C12H15NO. The normalized spacial score (nSPS) is 15.2. The molecular weight excluding hydrogens is 174 g/mol. The van der Waals surface area contributed by atoms with Crippen molar-refractivity contribution >= 4 is 5.71 Å². The highest BCUT2D eigenvalue weighted by atomic mass is 16.5. The molecule has 1 aromatic carbocycles. The average molecular weight is 189 g/mol. The first-order valence-corrected chi connectivity index (χ1v) is 4.94. The van der Waals surface area contributed by atoms with Gasteiger partial charge in [0, 0.05) is 11.3 Å². The minimum Gasteiger partial charge on any atom is -0.491 e. The van der Waals surface area contributed by atoms with Crippen LogP contribution in [0.5, 0.6) is 5.75 Å². The average Bonchev–Trinajstić information content (AvgIpc) is 2.27. The van der Waals surface area contributed by atoms with Crippen LogP contribution in [0.2, 0.25) is 0 Å². The number of hydrogen-bond donors (Lipinski definition) is 0. The molecule has 2 rings (SSSR count). The van der Waals surface area contributed by atoms with Crippen LogP contribution in [-0.4, -0.2) is 18.9 Å². The molecule has 2 nitrogen and oxygen atoms in total. The molecule has 0 saturated carbocycles. The third kappa shape index (κ3) is 1.52. The molecule has 0 spiro atoms. The summed E-state index contributed by atoms with van der Waals surface area (Å²) >= 11 is 0. The van der Waals surface area contributed by atoms with Crippen molar-refractivity contribution in [1.29, 1.82) is 0 Å². The summed E-state index contributed by atoms with van der Waals surface area (Å²) in [5, 5.41) is 0. The van der Waals surface area contributed by atoms with Gasteiger partial charge in [0.05, 0.1) is 6.54 Å². The molecule has 0 aromatic heterocycles. The second-order valence-electron chi connectivity index (χ2n) is 3.77. The first-order valence-electron chi connectivity index (χ1n) is 4.94. The Hall–Kier alpha value is -1.31. The fraction of sp³-hybridized carbons (Fsp3) is 0.417. The second-order valence-corrected chi connectivity index (χ2v) is 3.77. The highest BCUT2D eigenvalue weighted by molar-refractivity contribution is 6.02. The molecule has 2 heteroatoms. The maximum absolute atomic E-state index is 5.67. The lowest BCUT2D eigenvalue weighted by Gasteiger charge is -2.11. The van der Waals surface area contributed by atoms with Gasteiger partial charge in [0.1, 0.15) is 12.4 Å². The lowest BCUT2D eigenvalue weighted by atomic mass is 10.0. The van der Waals surface area contributed by atoms with E-state index >= 15 is 0 Å². The highest BCUT2D eigenvalue weighted by Gasteiger charge is 2.13. The van der Waals surface area contributed by atoms with E-state index in [1.165, 1.54) is 16.7 Å². The highest BCUT2D eigenvalue weighted by Crippen LogP contribution is 2.26. The van der Waals surface area contributed by atoms with Gasteiger partial charge in [-0.05, 0) is 38.0 Å². The summed E-state index contributed by atoms with van der Waals surface area (Å²) < 4.78 is 5.67. The Kier molecular flexibility index (Phi) is 2.28. The van der Waals surface area contributed by atoms with Crippen molar-refractivity contribution in [2.24, 2.45) is 4.99 Å². The number of hydrogen-bond acceptors (Lipinski definition) is 2. The van der Waals surface area contributed by atoms with E-state index in [4.69, 9.17) is 4.74 Å². The van der Waals surface area contributed by atoms with Gasteiger partial charge in [-0.25, -0.2) is 0 Å². The second kappa shape index (κ2) is 3.45. The predicted octanol–water partition coefficient (Wildman–Crippen LogP) is 2.50. The fourth-order valence-corrected chi connectivity index (χ4v) is 1.95. The van der Waals surface area contributed by atoms with Crippen LogP contribution in [0.25, 0.3) is 0 Å². The van der Waals surface area contributed by atoms with Gasteiger partial charge < -0.3 is 4.74 Å². The molecule has 1 aromatic rings. The molecule has 0 saturated heterocycles. The molecule has 1 aliphatic rings. The third-order valence-electron chi connectivity index (χ3n) is 2.50. The summed E-state index contributed by atoms with van der Waals surface area (Å²) in [4.78, 5) is 4.45. The van der Waals surface area contributed by atoms with Gasteiger partial charge in [-0.2, -0.15) is 0 Å². The zero-order chi connectivity index (χ0) is 10.1. The van der Waals surface area contributed by atoms with E-state index in [2.05, 4.69) is 37.9 Å². The number of aryl methyl sites for hydroxylation is 2. The van der Waals surface area contributed by atoms with Crippen molar-refractivity contribution in [1.82, 2.24) is 0 Å². The van der Waals surface area contributed by atoms with Crippen molar-refractivity contribution in [3.05, 3.63) is 28.8 Å². The molecule has 0 fully saturated rings. The number of aliphatic imine (C=N–C) groups is 1. The number of rotatable bonds is 0. The summed E-state index contributed by atoms with van der Waals surface area (Å²) in [7, 11) is 0. The molecule has 1 heterocycles. The van der Waals surface area contributed by atoms with Crippen LogP contribution < -0.4 is 4.74 Å². The Labute approximate surface area is 84.6 Å².